The van der Waals surface area contributed by atoms with Crippen molar-refractivity contribution in [2.45, 2.75) is 33.2 Å². The van der Waals surface area contributed by atoms with Crippen molar-refractivity contribution in [3.05, 3.63) is 17.8 Å². The van der Waals surface area contributed by atoms with E-state index in [0.29, 0.717) is 23.8 Å². The lowest BCUT2D eigenvalue weighted by molar-refractivity contribution is -0.141. The average Bonchev–Trinajstić information content (AvgIpc) is 2.31. The lowest BCUT2D eigenvalue weighted by Gasteiger charge is -2.19. The number of aryl methyl sites for hydroxylation is 1. The molecule has 0 aliphatic rings. The van der Waals surface area contributed by atoms with Crippen molar-refractivity contribution in [2.24, 2.45) is 5.92 Å². The molecule has 0 bridgehead atoms. The third-order valence-electron chi connectivity index (χ3n) is 2.67. The van der Waals surface area contributed by atoms with Gasteiger partial charge in [0.2, 0.25) is 0 Å². The summed E-state index contributed by atoms with van der Waals surface area (Å²) < 4.78 is 4.79. The van der Waals surface area contributed by atoms with Gasteiger partial charge in [0.05, 0.1) is 19.0 Å². The van der Waals surface area contributed by atoms with E-state index in [0.717, 1.165) is 5.56 Å². The predicted molar refractivity (Wildman–Crippen MR) is 72.3 cm³/mol. The van der Waals surface area contributed by atoms with E-state index in [2.05, 4.69) is 24.1 Å². The molecular weight excluding hydrogens is 230 g/mol. The van der Waals surface area contributed by atoms with Gasteiger partial charge in [-0.25, -0.2) is 9.78 Å². The normalized spacial score (nSPS) is 12.3. The molecule has 1 aromatic heterocycles. The molecule has 0 aliphatic carbocycles. The molecule has 5 heteroatoms. The number of nitrogens with one attached hydrogen (secondary N) is 1. The van der Waals surface area contributed by atoms with Crippen LogP contribution in [0.5, 0.6) is 0 Å². The van der Waals surface area contributed by atoms with Gasteiger partial charge in [-0.05, 0) is 30.9 Å². The smallest absolute Gasteiger partial charge is 0.328 e. The zero-order chi connectivity index (χ0) is 13.7. The van der Waals surface area contributed by atoms with Gasteiger partial charge in [-0.1, -0.05) is 13.8 Å². The van der Waals surface area contributed by atoms with Gasteiger partial charge >= 0.3 is 5.97 Å². The molecule has 0 spiro atoms. The van der Waals surface area contributed by atoms with Crippen LogP contribution in [0.4, 0.5) is 11.5 Å². The number of hydrogen-bond acceptors (Lipinski definition) is 5. The highest BCUT2D eigenvalue weighted by atomic mass is 16.5. The van der Waals surface area contributed by atoms with E-state index < -0.39 is 0 Å². The summed E-state index contributed by atoms with van der Waals surface area (Å²) in [6.07, 6.45) is 2.28. The molecule has 0 saturated heterocycles. The highest BCUT2D eigenvalue weighted by Gasteiger charge is 2.20. The van der Waals surface area contributed by atoms with Crippen molar-refractivity contribution in [3.63, 3.8) is 0 Å². The summed E-state index contributed by atoms with van der Waals surface area (Å²) in [5.41, 5.74) is 7.27. The minimum absolute atomic E-state index is 0.278. The summed E-state index contributed by atoms with van der Waals surface area (Å²) in [5, 5.41) is 3.09. The van der Waals surface area contributed by atoms with Gasteiger partial charge in [0.25, 0.3) is 0 Å². The molecule has 1 atom stereocenters. The second-order valence-electron chi connectivity index (χ2n) is 4.78. The number of hydrogen-bond donors (Lipinski definition) is 2. The zero-order valence-electron chi connectivity index (χ0n) is 11.4. The van der Waals surface area contributed by atoms with Crippen molar-refractivity contribution in [1.82, 2.24) is 4.98 Å². The number of anilines is 2. The minimum atomic E-state index is -0.384. The lowest BCUT2D eigenvalue weighted by Crippen LogP contribution is -2.32. The van der Waals surface area contributed by atoms with Crippen LogP contribution in [0.25, 0.3) is 0 Å². The molecule has 1 aromatic rings. The van der Waals surface area contributed by atoms with Crippen LogP contribution in [0.15, 0.2) is 12.3 Å². The fraction of sp³-hybridized carbons (Fsp3) is 0.538. The van der Waals surface area contributed by atoms with Crippen LogP contribution in [-0.4, -0.2) is 24.1 Å². The van der Waals surface area contributed by atoms with Crippen LogP contribution in [0.1, 0.15) is 25.8 Å². The van der Waals surface area contributed by atoms with E-state index in [9.17, 15) is 4.79 Å². The first-order chi connectivity index (χ1) is 8.43. The van der Waals surface area contributed by atoms with Crippen molar-refractivity contribution in [2.75, 3.05) is 18.2 Å². The molecule has 0 aromatic carbocycles. The van der Waals surface area contributed by atoms with Crippen molar-refractivity contribution in [3.8, 4) is 0 Å². The van der Waals surface area contributed by atoms with Gasteiger partial charge in [0, 0.05) is 0 Å². The van der Waals surface area contributed by atoms with Crippen LogP contribution in [0, 0.1) is 12.8 Å². The summed E-state index contributed by atoms with van der Waals surface area (Å²) in [7, 11) is 1.39. The average molecular weight is 251 g/mol. The molecule has 0 radical (unpaired) electrons. The van der Waals surface area contributed by atoms with E-state index in [1.54, 1.807) is 6.20 Å². The monoisotopic (exact) mass is 251 g/mol. The van der Waals surface area contributed by atoms with Crippen LogP contribution in [0.2, 0.25) is 0 Å². The molecule has 100 valence electrons. The second kappa shape index (κ2) is 6.23. The van der Waals surface area contributed by atoms with Crippen LogP contribution >= 0.6 is 0 Å². The SMILES string of the molecule is COC(=O)C(CC(C)C)Nc1cc(C)c(N)cn1. The van der Waals surface area contributed by atoms with E-state index in [1.807, 2.05) is 13.0 Å². The van der Waals surface area contributed by atoms with Gasteiger partial charge in [0.15, 0.2) is 0 Å². The molecule has 18 heavy (non-hydrogen) atoms. The molecular formula is C13H21N3O2. The third kappa shape index (κ3) is 3.91. The lowest BCUT2D eigenvalue weighted by atomic mass is 10.0. The Hall–Kier alpha value is -1.78. The number of aromatic nitrogens is 1. The van der Waals surface area contributed by atoms with E-state index in [-0.39, 0.29) is 12.0 Å². The number of esters is 1. The molecule has 0 saturated carbocycles. The third-order valence-corrected chi connectivity index (χ3v) is 2.67. The largest absolute Gasteiger partial charge is 0.467 e. The first-order valence-corrected chi connectivity index (χ1v) is 6.00. The summed E-state index contributed by atoms with van der Waals surface area (Å²) in [5.74, 6) is 0.745. The van der Waals surface area contributed by atoms with E-state index >= 15 is 0 Å². The number of nitrogens with two attached hydrogens (primary N) is 1. The van der Waals surface area contributed by atoms with E-state index in [4.69, 9.17) is 10.5 Å². The van der Waals surface area contributed by atoms with Crippen molar-refractivity contribution >= 4 is 17.5 Å². The minimum Gasteiger partial charge on any atom is -0.467 e. The van der Waals surface area contributed by atoms with Gasteiger partial charge in [0.1, 0.15) is 11.9 Å². The first kappa shape index (κ1) is 14.3. The fourth-order valence-corrected chi connectivity index (χ4v) is 1.65. The van der Waals surface area contributed by atoms with Gasteiger partial charge in [-0.3, -0.25) is 0 Å². The topological polar surface area (TPSA) is 77.2 Å². The Morgan fingerprint density at radius 2 is 2.22 bits per heavy atom. The molecule has 3 N–H and O–H groups in total. The number of ether oxygens (including phenoxy) is 1. The zero-order valence-corrected chi connectivity index (χ0v) is 11.4. The molecule has 1 heterocycles. The Bertz CT molecular complexity index is 419. The Morgan fingerprint density at radius 3 is 2.72 bits per heavy atom. The van der Waals surface area contributed by atoms with Gasteiger partial charge < -0.3 is 15.8 Å². The maximum atomic E-state index is 11.7. The summed E-state index contributed by atoms with van der Waals surface area (Å²) >= 11 is 0. The molecule has 0 aliphatic heterocycles. The number of pyridine rings is 1. The van der Waals surface area contributed by atoms with Crippen molar-refractivity contribution < 1.29 is 9.53 Å². The standard InChI is InChI=1S/C13H21N3O2/c1-8(2)5-11(13(17)18-4)16-12-6-9(3)10(14)7-15-12/h6-8,11H,5,14H2,1-4H3,(H,15,16). The second-order valence-corrected chi connectivity index (χ2v) is 4.78. The Balaban J connectivity index is 2.81. The fourth-order valence-electron chi connectivity index (χ4n) is 1.65. The maximum Gasteiger partial charge on any atom is 0.328 e. The van der Waals surface area contributed by atoms with Crippen LogP contribution < -0.4 is 11.1 Å². The molecule has 0 amide bonds. The summed E-state index contributed by atoms with van der Waals surface area (Å²) in [4.78, 5) is 15.8. The molecule has 1 rings (SSSR count). The Morgan fingerprint density at radius 1 is 1.56 bits per heavy atom. The highest BCUT2D eigenvalue weighted by Crippen LogP contribution is 2.16. The van der Waals surface area contributed by atoms with Crippen LogP contribution in [0.3, 0.4) is 0 Å². The number of carbonyl (C=O) groups is 1. The quantitative estimate of drug-likeness (QED) is 0.782. The number of rotatable bonds is 5. The number of nitrogens with zero attached hydrogens (tertiary/aromatic N) is 1. The van der Waals surface area contributed by atoms with Crippen molar-refractivity contribution in [1.29, 1.82) is 0 Å². The Kier molecular flexibility index (Phi) is 4.95. The molecule has 1 unspecified atom stereocenters. The first-order valence-electron chi connectivity index (χ1n) is 6.00. The van der Waals surface area contributed by atoms with Gasteiger partial charge in [-0.15, -0.1) is 0 Å². The predicted octanol–water partition coefficient (Wildman–Crippen LogP) is 1.97. The van der Waals surface area contributed by atoms with Gasteiger partial charge in [-0.2, -0.15) is 0 Å². The summed E-state index contributed by atoms with van der Waals surface area (Å²) in [6, 6.07) is 1.44. The highest BCUT2D eigenvalue weighted by molar-refractivity contribution is 5.78. The molecule has 5 nitrogen and oxygen atoms in total. The van der Waals surface area contributed by atoms with E-state index in [1.165, 1.54) is 7.11 Å². The summed E-state index contributed by atoms with van der Waals surface area (Å²) in [6.45, 7) is 6.01. The number of carbonyl (C=O) groups excluding carboxylic acids is 1. The van der Waals surface area contributed by atoms with Crippen LogP contribution in [-0.2, 0) is 9.53 Å². The Labute approximate surface area is 108 Å². The number of nitrogen functional groups attached to an aromatic ring is 1. The number of methoxy groups -OCH3 is 1. The maximum absolute atomic E-state index is 11.7. The molecule has 0 fully saturated rings.